The molecule has 1 amide bonds. The summed E-state index contributed by atoms with van der Waals surface area (Å²) in [4.78, 5) is 32.2. The monoisotopic (exact) mass is 454 g/mol. The topological polar surface area (TPSA) is 94.7 Å². The van der Waals surface area contributed by atoms with Crippen LogP contribution in [0.2, 0.25) is 0 Å². The highest BCUT2D eigenvalue weighted by molar-refractivity contribution is 6.03. The van der Waals surface area contributed by atoms with Crippen LogP contribution in [0.5, 0.6) is 0 Å². The van der Waals surface area contributed by atoms with Crippen molar-refractivity contribution in [3.05, 3.63) is 88.9 Å². The van der Waals surface area contributed by atoms with E-state index in [0.29, 0.717) is 12.1 Å². The zero-order chi connectivity index (χ0) is 23.6. The van der Waals surface area contributed by atoms with E-state index < -0.39 is 17.8 Å². The molecule has 0 aliphatic heterocycles. The molecule has 11 heteroatoms. The third-order valence-corrected chi connectivity index (χ3v) is 4.79. The Hall–Kier alpha value is -4.28. The fourth-order valence-corrected chi connectivity index (χ4v) is 3.12. The van der Waals surface area contributed by atoms with Gasteiger partial charge in [0.05, 0.1) is 17.6 Å². The number of hydrogen-bond acceptors (Lipinski definition) is 5. The van der Waals surface area contributed by atoms with Gasteiger partial charge >= 0.3 is 6.18 Å². The van der Waals surface area contributed by atoms with Gasteiger partial charge in [0.15, 0.2) is 0 Å². The van der Waals surface area contributed by atoms with Crippen LogP contribution < -0.4 is 10.9 Å². The normalized spacial score (nSPS) is 11.4. The largest absolute Gasteiger partial charge is 0.433 e. The van der Waals surface area contributed by atoms with Crippen LogP contribution >= 0.6 is 0 Å². The van der Waals surface area contributed by atoms with Crippen molar-refractivity contribution in [2.24, 2.45) is 0 Å². The molecule has 4 rings (SSSR count). The van der Waals surface area contributed by atoms with Crippen molar-refractivity contribution in [1.82, 2.24) is 24.3 Å². The lowest BCUT2D eigenvalue weighted by molar-refractivity contribution is -0.142. The lowest BCUT2D eigenvalue weighted by atomic mass is 10.2. The van der Waals surface area contributed by atoms with Gasteiger partial charge in [-0.25, -0.2) is 9.67 Å². The molecule has 1 N–H and O–H groups in total. The molecule has 0 saturated heterocycles. The van der Waals surface area contributed by atoms with Gasteiger partial charge in [-0.3, -0.25) is 14.6 Å². The second-order valence-electron chi connectivity index (χ2n) is 6.96. The van der Waals surface area contributed by atoms with Gasteiger partial charge in [0.2, 0.25) is 0 Å². The standard InChI is InChI=1S/C22H17F3N6O2/c1-2-30-9-7-14(10-20(30)32)21(33)28-19-6-5-16(13-27-19)31-18(22(23,24)25)11-17(29-31)15-4-3-8-26-12-15/h3-13H,2H2,1H3,(H,27,28,33). The number of alkyl halides is 3. The van der Waals surface area contributed by atoms with Crippen LogP contribution in [-0.2, 0) is 12.7 Å². The van der Waals surface area contributed by atoms with Crippen molar-refractivity contribution in [2.75, 3.05) is 5.32 Å². The lowest BCUT2D eigenvalue weighted by Crippen LogP contribution is -2.21. The number of aryl methyl sites for hydroxylation is 1. The Morgan fingerprint density at radius 2 is 1.94 bits per heavy atom. The zero-order valence-electron chi connectivity index (χ0n) is 17.2. The lowest BCUT2D eigenvalue weighted by Gasteiger charge is -2.11. The smallest absolute Gasteiger partial charge is 0.316 e. The fraction of sp³-hybridized carbons (Fsp3) is 0.136. The number of nitrogens with one attached hydrogen (secondary N) is 1. The van der Waals surface area contributed by atoms with Crippen molar-refractivity contribution in [1.29, 1.82) is 0 Å². The third kappa shape index (κ3) is 4.66. The Labute approximate surface area is 185 Å². The Kier molecular flexibility index (Phi) is 5.78. The molecule has 4 heterocycles. The number of anilines is 1. The van der Waals surface area contributed by atoms with E-state index in [1.54, 1.807) is 19.1 Å². The molecule has 0 spiro atoms. The average Bonchev–Trinajstić information content (AvgIpc) is 3.26. The van der Waals surface area contributed by atoms with Gasteiger partial charge in [-0.1, -0.05) is 0 Å². The molecule has 0 aromatic carbocycles. The first-order valence-corrected chi connectivity index (χ1v) is 9.82. The van der Waals surface area contributed by atoms with Crippen molar-refractivity contribution in [2.45, 2.75) is 19.6 Å². The quantitative estimate of drug-likeness (QED) is 0.495. The van der Waals surface area contributed by atoms with E-state index in [2.05, 4.69) is 20.4 Å². The summed E-state index contributed by atoms with van der Waals surface area (Å²) in [5, 5.41) is 6.59. The predicted octanol–water partition coefficient (Wildman–Crippen LogP) is 3.78. The number of rotatable bonds is 5. The molecular formula is C22H17F3N6O2. The fourth-order valence-electron chi connectivity index (χ4n) is 3.12. The SMILES string of the molecule is CCn1ccc(C(=O)Nc2ccc(-n3nc(-c4cccnc4)cc3C(F)(F)F)cn2)cc1=O. The van der Waals surface area contributed by atoms with Crippen molar-refractivity contribution in [3.63, 3.8) is 0 Å². The van der Waals surface area contributed by atoms with E-state index in [-0.39, 0.29) is 28.3 Å². The first-order chi connectivity index (χ1) is 15.8. The number of carbonyl (C=O) groups excluding carboxylic acids is 1. The Morgan fingerprint density at radius 3 is 2.55 bits per heavy atom. The molecule has 0 fully saturated rings. The van der Waals surface area contributed by atoms with E-state index >= 15 is 0 Å². The summed E-state index contributed by atoms with van der Waals surface area (Å²) in [6.45, 7) is 2.27. The number of carbonyl (C=O) groups is 1. The van der Waals surface area contributed by atoms with E-state index in [9.17, 15) is 22.8 Å². The Morgan fingerprint density at radius 1 is 1.12 bits per heavy atom. The molecule has 4 aromatic heterocycles. The summed E-state index contributed by atoms with van der Waals surface area (Å²) < 4.78 is 43.0. The van der Waals surface area contributed by atoms with E-state index in [4.69, 9.17) is 0 Å². The summed E-state index contributed by atoms with van der Waals surface area (Å²) in [5.41, 5.74) is -0.560. The highest BCUT2D eigenvalue weighted by atomic mass is 19.4. The summed E-state index contributed by atoms with van der Waals surface area (Å²) in [6.07, 6.45) is 0.947. The number of nitrogens with zero attached hydrogens (tertiary/aromatic N) is 5. The number of hydrogen-bond donors (Lipinski definition) is 1. The van der Waals surface area contributed by atoms with Gasteiger partial charge in [0.25, 0.3) is 11.5 Å². The summed E-state index contributed by atoms with van der Waals surface area (Å²) in [5.74, 6) is -0.457. The molecule has 0 bridgehead atoms. The summed E-state index contributed by atoms with van der Waals surface area (Å²) in [6, 6.07) is 9.55. The summed E-state index contributed by atoms with van der Waals surface area (Å²) >= 11 is 0. The predicted molar refractivity (Wildman–Crippen MR) is 114 cm³/mol. The molecule has 0 radical (unpaired) electrons. The van der Waals surface area contributed by atoms with Gasteiger partial charge in [-0.15, -0.1) is 0 Å². The van der Waals surface area contributed by atoms with E-state index in [0.717, 1.165) is 10.7 Å². The maximum Gasteiger partial charge on any atom is 0.433 e. The first-order valence-electron chi connectivity index (χ1n) is 9.82. The molecule has 0 aliphatic rings. The molecule has 0 unspecified atom stereocenters. The minimum absolute atomic E-state index is 0.0565. The number of aromatic nitrogens is 5. The molecule has 0 aliphatic carbocycles. The average molecular weight is 454 g/mol. The number of pyridine rings is 3. The van der Waals surface area contributed by atoms with Crippen LogP contribution in [0.3, 0.4) is 0 Å². The van der Waals surface area contributed by atoms with Crippen molar-refractivity contribution in [3.8, 4) is 16.9 Å². The van der Waals surface area contributed by atoms with Crippen LogP contribution in [0, 0.1) is 0 Å². The maximum atomic E-state index is 13.6. The zero-order valence-corrected chi connectivity index (χ0v) is 17.2. The first kappa shape index (κ1) is 21.9. The highest BCUT2D eigenvalue weighted by Gasteiger charge is 2.36. The Bertz CT molecular complexity index is 1350. The van der Waals surface area contributed by atoms with Crippen LogP contribution in [0.1, 0.15) is 23.0 Å². The molecule has 8 nitrogen and oxygen atoms in total. The second kappa shape index (κ2) is 8.69. The number of amides is 1. The molecular weight excluding hydrogens is 437 g/mol. The van der Waals surface area contributed by atoms with Crippen LogP contribution in [0.15, 0.2) is 72.0 Å². The van der Waals surface area contributed by atoms with Crippen LogP contribution in [-0.4, -0.2) is 30.2 Å². The van der Waals surface area contributed by atoms with Crippen LogP contribution in [0.4, 0.5) is 19.0 Å². The third-order valence-electron chi connectivity index (χ3n) is 4.79. The minimum atomic E-state index is -4.65. The van der Waals surface area contributed by atoms with Gasteiger partial charge in [0, 0.05) is 42.3 Å². The van der Waals surface area contributed by atoms with Gasteiger partial charge in [-0.2, -0.15) is 18.3 Å². The molecule has 4 aromatic rings. The van der Waals surface area contributed by atoms with E-state index in [1.807, 2.05) is 0 Å². The molecule has 0 atom stereocenters. The maximum absolute atomic E-state index is 13.6. The molecule has 0 saturated carbocycles. The summed E-state index contributed by atoms with van der Waals surface area (Å²) in [7, 11) is 0. The van der Waals surface area contributed by atoms with Gasteiger partial charge in [0.1, 0.15) is 11.5 Å². The van der Waals surface area contributed by atoms with E-state index in [1.165, 1.54) is 53.6 Å². The van der Waals surface area contributed by atoms with Crippen LogP contribution in [0.25, 0.3) is 16.9 Å². The minimum Gasteiger partial charge on any atom is -0.316 e. The second-order valence-corrected chi connectivity index (χ2v) is 6.96. The Balaban J connectivity index is 1.60. The van der Waals surface area contributed by atoms with Crippen molar-refractivity contribution >= 4 is 11.7 Å². The van der Waals surface area contributed by atoms with Crippen molar-refractivity contribution < 1.29 is 18.0 Å². The molecule has 168 valence electrons. The number of halogens is 3. The highest BCUT2D eigenvalue weighted by Crippen LogP contribution is 2.33. The van der Waals surface area contributed by atoms with Gasteiger partial charge in [-0.05, 0) is 43.3 Å². The molecule has 33 heavy (non-hydrogen) atoms. The van der Waals surface area contributed by atoms with Gasteiger partial charge < -0.3 is 9.88 Å².